The van der Waals surface area contributed by atoms with Crippen molar-refractivity contribution < 1.29 is 14.3 Å². The number of amides is 2. The Hall–Kier alpha value is -1.10. The molecule has 5 nitrogen and oxygen atoms in total. The topological polar surface area (TPSA) is 58.6 Å². The van der Waals surface area contributed by atoms with Gasteiger partial charge in [-0.15, -0.1) is 0 Å². The third-order valence-corrected chi connectivity index (χ3v) is 3.71. The zero-order chi connectivity index (χ0) is 16.2. The van der Waals surface area contributed by atoms with E-state index in [0.717, 1.165) is 6.42 Å². The van der Waals surface area contributed by atoms with Gasteiger partial charge in [0.05, 0.1) is 6.61 Å². The van der Waals surface area contributed by atoms with Crippen molar-refractivity contribution in [2.75, 3.05) is 19.8 Å². The fraction of sp³-hybridized carbons (Fsp3) is 0.875. The van der Waals surface area contributed by atoms with Crippen LogP contribution in [0.2, 0.25) is 0 Å². The molecule has 2 unspecified atom stereocenters. The van der Waals surface area contributed by atoms with Gasteiger partial charge in [-0.2, -0.15) is 0 Å². The van der Waals surface area contributed by atoms with Crippen LogP contribution in [0.1, 0.15) is 48.0 Å². The molecule has 5 heteroatoms. The zero-order valence-electron chi connectivity index (χ0n) is 14.2. The van der Waals surface area contributed by atoms with E-state index in [1.54, 1.807) is 11.8 Å². The summed E-state index contributed by atoms with van der Waals surface area (Å²) in [5.74, 6) is 0.508. The van der Waals surface area contributed by atoms with Crippen LogP contribution < -0.4 is 5.32 Å². The Morgan fingerprint density at radius 1 is 1.24 bits per heavy atom. The number of hydrogen-bond donors (Lipinski definition) is 1. The van der Waals surface area contributed by atoms with Crippen molar-refractivity contribution in [2.24, 2.45) is 11.3 Å². The van der Waals surface area contributed by atoms with Gasteiger partial charge in [-0.3, -0.25) is 9.59 Å². The predicted octanol–water partition coefficient (Wildman–Crippen LogP) is 1.81. The smallest absolute Gasteiger partial charge is 0.245 e. The summed E-state index contributed by atoms with van der Waals surface area (Å²) in [6, 6.07) is -0.887. The molecule has 21 heavy (non-hydrogen) atoms. The second-order valence-electron chi connectivity index (χ2n) is 7.33. The van der Waals surface area contributed by atoms with E-state index in [1.807, 2.05) is 20.8 Å². The molecule has 2 atom stereocenters. The first-order valence-electron chi connectivity index (χ1n) is 7.83. The van der Waals surface area contributed by atoms with Crippen LogP contribution in [-0.2, 0) is 14.3 Å². The van der Waals surface area contributed by atoms with Gasteiger partial charge in [0.25, 0.3) is 0 Å². The van der Waals surface area contributed by atoms with Crippen molar-refractivity contribution in [1.29, 1.82) is 0 Å². The fourth-order valence-corrected chi connectivity index (χ4v) is 2.56. The highest BCUT2D eigenvalue weighted by Gasteiger charge is 2.44. The van der Waals surface area contributed by atoms with Gasteiger partial charge >= 0.3 is 0 Å². The first-order chi connectivity index (χ1) is 9.64. The Morgan fingerprint density at radius 2 is 1.86 bits per heavy atom. The van der Waals surface area contributed by atoms with E-state index < -0.39 is 12.1 Å². The molecule has 1 rings (SSSR count). The van der Waals surface area contributed by atoms with Crippen LogP contribution in [0.3, 0.4) is 0 Å². The zero-order valence-corrected chi connectivity index (χ0v) is 14.2. The number of piperazine rings is 1. The fourth-order valence-electron chi connectivity index (χ4n) is 2.56. The maximum atomic E-state index is 12.4. The molecule has 1 fully saturated rings. The Labute approximate surface area is 128 Å². The lowest BCUT2D eigenvalue weighted by atomic mass is 9.83. The number of rotatable bonds is 6. The van der Waals surface area contributed by atoms with E-state index in [1.165, 1.54) is 0 Å². The summed E-state index contributed by atoms with van der Waals surface area (Å²) in [6.45, 7) is 13.6. The van der Waals surface area contributed by atoms with Gasteiger partial charge in [0.2, 0.25) is 11.8 Å². The third-order valence-electron chi connectivity index (χ3n) is 3.71. The molecule has 122 valence electrons. The minimum atomic E-state index is -0.452. The van der Waals surface area contributed by atoms with E-state index in [4.69, 9.17) is 4.74 Å². The van der Waals surface area contributed by atoms with Gasteiger partial charge in [0.15, 0.2) is 0 Å². The SMILES string of the molecule is CC(C)CCOCCN1C(=O)C(C)NC(=O)C1C(C)(C)C. The molecule has 0 aromatic carbocycles. The van der Waals surface area contributed by atoms with Crippen LogP contribution >= 0.6 is 0 Å². The molecule has 0 aromatic rings. The third kappa shape index (κ3) is 4.99. The summed E-state index contributed by atoms with van der Waals surface area (Å²) in [7, 11) is 0. The van der Waals surface area contributed by atoms with E-state index >= 15 is 0 Å². The molecule has 2 amide bonds. The molecule has 0 bridgehead atoms. The molecule has 1 saturated heterocycles. The minimum absolute atomic E-state index is 0.0259. The molecule has 0 aliphatic carbocycles. The predicted molar refractivity (Wildman–Crippen MR) is 82.8 cm³/mol. The van der Waals surface area contributed by atoms with Crippen LogP contribution in [0, 0.1) is 11.3 Å². The van der Waals surface area contributed by atoms with Gasteiger partial charge in [0, 0.05) is 13.2 Å². The summed E-state index contributed by atoms with van der Waals surface area (Å²) < 4.78 is 5.60. The standard InChI is InChI=1S/C16H30N2O3/c1-11(2)7-9-21-10-8-18-13(16(4,5)6)14(19)17-12(3)15(18)20/h11-13H,7-10H2,1-6H3,(H,17,19). The first-order valence-corrected chi connectivity index (χ1v) is 7.83. The van der Waals surface area contributed by atoms with Crippen molar-refractivity contribution in [3.63, 3.8) is 0 Å². The van der Waals surface area contributed by atoms with E-state index in [-0.39, 0.29) is 17.2 Å². The quantitative estimate of drug-likeness (QED) is 0.761. The normalized spacial score (nSPS) is 23.7. The number of ether oxygens (including phenoxy) is 1. The monoisotopic (exact) mass is 298 g/mol. The number of carbonyl (C=O) groups excluding carboxylic acids is 2. The highest BCUT2D eigenvalue weighted by Crippen LogP contribution is 2.27. The van der Waals surface area contributed by atoms with Crippen LogP contribution in [0.15, 0.2) is 0 Å². The number of nitrogens with one attached hydrogen (secondary N) is 1. The lowest BCUT2D eigenvalue weighted by molar-refractivity contribution is -0.154. The molecule has 0 spiro atoms. The maximum absolute atomic E-state index is 12.4. The largest absolute Gasteiger partial charge is 0.380 e. The van der Waals surface area contributed by atoms with Crippen molar-refractivity contribution in [2.45, 2.75) is 60.0 Å². The first kappa shape index (κ1) is 18.0. The molecule has 1 aliphatic heterocycles. The summed E-state index contributed by atoms with van der Waals surface area (Å²) in [5.41, 5.74) is -0.294. The second-order valence-corrected chi connectivity index (χ2v) is 7.33. The van der Waals surface area contributed by atoms with Gasteiger partial charge in [-0.05, 0) is 24.7 Å². The van der Waals surface area contributed by atoms with E-state index in [0.29, 0.717) is 25.7 Å². The van der Waals surface area contributed by atoms with Crippen LogP contribution in [0.5, 0.6) is 0 Å². The number of nitrogens with zero attached hydrogens (tertiary/aromatic N) is 1. The van der Waals surface area contributed by atoms with Gasteiger partial charge < -0.3 is 15.0 Å². The molecule has 1 heterocycles. The molecule has 0 radical (unpaired) electrons. The lowest BCUT2D eigenvalue weighted by Gasteiger charge is -2.44. The summed E-state index contributed by atoms with van der Waals surface area (Å²) in [4.78, 5) is 26.3. The van der Waals surface area contributed by atoms with Crippen LogP contribution in [0.4, 0.5) is 0 Å². The Balaban J connectivity index is 2.64. The van der Waals surface area contributed by atoms with Crippen LogP contribution in [0.25, 0.3) is 0 Å². The van der Waals surface area contributed by atoms with Crippen LogP contribution in [-0.4, -0.2) is 48.6 Å². The molecule has 0 saturated carbocycles. The van der Waals surface area contributed by atoms with Gasteiger partial charge in [-0.1, -0.05) is 34.6 Å². The van der Waals surface area contributed by atoms with E-state index in [2.05, 4.69) is 19.2 Å². The average molecular weight is 298 g/mol. The Kier molecular flexibility index (Phi) is 6.20. The lowest BCUT2D eigenvalue weighted by Crippen LogP contribution is -2.66. The van der Waals surface area contributed by atoms with Crippen molar-refractivity contribution >= 4 is 11.8 Å². The summed E-state index contributed by atoms with van der Waals surface area (Å²) >= 11 is 0. The summed E-state index contributed by atoms with van der Waals surface area (Å²) in [6.07, 6.45) is 1.01. The second kappa shape index (κ2) is 7.25. The highest BCUT2D eigenvalue weighted by atomic mass is 16.5. The van der Waals surface area contributed by atoms with Gasteiger partial charge in [0.1, 0.15) is 12.1 Å². The van der Waals surface area contributed by atoms with E-state index in [9.17, 15) is 9.59 Å². The Bertz CT molecular complexity index is 374. The molecule has 1 N–H and O–H groups in total. The number of carbonyl (C=O) groups is 2. The molecular formula is C16H30N2O3. The van der Waals surface area contributed by atoms with Crippen molar-refractivity contribution in [3.8, 4) is 0 Å². The van der Waals surface area contributed by atoms with Crippen molar-refractivity contribution in [1.82, 2.24) is 10.2 Å². The van der Waals surface area contributed by atoms with Gasteiger partial charge in [-0.25, -0.2) is 0 Å². The van der Waals surface area contributed by atoms with Crippen molar-refractivity contribution in [3.05, 3.63) is 0 Å². The average Bonchev–Trinajstić information content (AvgIpc) is 2.32. The summed E-state index contributed by atoms with van der Waals surface area (Å²) in [5, 5.41) is 2.76. The molecular weight excluding hydrogens is 268 g/mol. The maximum Gasteiger partial charge on any atom is 0.245 e. The Morgan fingerprint density at radius 3 is 2.38 bits per heavy atom. The minimum Gasteiger partial charge on any atom is -0.380 e. The highest BCUT2D eigenvalue weighted by molar-refractivity contribution is 5.97. The molecule has 0 aromatic heterocycles. The molecule has 1 aliphatic rings. The number of hydrogen-bond acceptors (Lipinski definition) is 3.